The van der Waals surface area contributed by atoms with Gasteiger partial charge in [-0.05, 0) is 0 Å². The Kier molecular flexibility index (Phi) is 5.20. The van der Waals surface area contributed by atoms with Crippen molar-refractivity contribution in [2.24, 2.45) is 0 Å². The van der Waals surface area contributed by atoms with Crippen LogP contribution < -0.4 is 5.32 Å². The van der Waals surface area contributed by atoms with Crippen LogP contribution in [0.2, 0.25) is 0 Å². The number of hydrogen-bond donors (Lipinski definition) is 2. The molecule has 4 heteroatoms. The molecule has 0 aliphatic heterocycles. The van der Waals surface area contributed by atoms with E-state index in [-0.39, 0.29) is 13.2 Å². The molecule has 0 aliphatic carbocycles. The summed E-state index contributed by atoms with van der Waals surface area (Å²) < 4.78 is 4.77. The van der Waals surface area contributed by atoms with Crippen molar-refractivity contribution in [2.75, 3.05) is 19.8 Å². The SMILES string of the molecule is C#CCOCCNC(=O)O. The molecule has 2 N–H and O–H groups in total. The molecule has 0 aromatic carbocycles. The van der Waals surface area contributed by atoms with Gasteiger partial charge in [0.15, 0.2) is 0 Å². The zero-order valence-electron chi connectivity index (χ0n) is 5.46. The maximum Gasteiger partial charge on any atom is 0.404 e. The number of carbonyl (C=O) groups is 1. The summed E-state index contributed by atoms with van der Waals surface area (Å²) in [4.78, 5) is 9.83. The van der Waals surface area contributed by atoms with Gasteiger partial charge in [0.25, 0.3) is 0 Å². The molecule has 0 aromatic heterocycles. The van der Waals surface area contributed by atoms with Gasteiger partial charge >= 0.3 is 6.09 Å². The summed E-state index contributed by atoms with van der Waals surface area (Å²) in [6.45, 7) is 0.814. The van der Waals surface area contributed by atoms with Crippen molar-refractivity contribution in [3.8, 4) is 12.3 Å². The molecule has 0 saturated heterocycles. The average Bonchev–Trinajstić information content (AvgIpc) is 1.87. The smallest absolute Gasteiger partial charge is 0.404 e. The van der Waals surface area contributed by atoms with Crippen LogP contribution in [-0.2, 0) is 4.74 Å². The van der Waals surface area contributed by atoms with E-state index in [4.69, 9.17) is 16.3 Å². The highest BCUT2D eigenvalue weighted by Gasteiger charge is 1.90. The Morgan fingerprint density at radius 2 is 2.50 bits per heavy atom. The first-order valence-corrected chi connectivity index (χ1v) is 2.75. The van der Waals surface area contributed by atoms with Crippen LogP contribution in [-0.4, -0.2) is 31.0 Å². The van der Waals surface area contributed by atoms with E-state index in [1.807, 2.05) is 0 Å². The fourth-order valence-corrected chi connectivity index (χ4v) is 0.361. The van der Waals surface area contributed by atoms with Crippen LogP contribution in [0.5, 0.6) is 0 Å². The summed E-state index contributed by atoms with van der Waals surface area (Å²) in [6.07, 6.45) is 3.81. The van der Waals surface area contributed by atoms with E-state index < -0.39 is 6.09 Å². The van der Waals surface area contributed by atoms with E-state index in [0.29, 0.717) is 6.61 Å². The van der Waals surface area contributed by atoms with Crippen LogP contribution in [0.25, 0.3) is 0 Å². The second kappa shape index (κ2) is 5.92. The number of terminal acetylenes is 1. The van der Waals surface area contributed by atoms with Crippen molar-refractivity contribution < 1.29 is 14.6 Å². The third-order valence-corrected chi connectivity index (χ3v) is 0.708. The summed E-state index contributed by atoms with van der Waals surface area (Å²) in [5.74, 6) is 2.26. The Hall–Kier alpha value is -1.21. The van der Waals surface area contributed by atoms with Crippen molar-refractivity contribution in [2.45, 2.75) is 0 Å². The minimum absolute atomic E-state index is 0.224. The van der Waals surface area contributed by atoms with Gasteiger partial charge in [0.1, 0.15) is 6.61 Å². The molecule has 0 radical (unpaired) electrons. The van der Waals surface area contributed by atoms with Crippen molar-refractivity contribution >= 4 is 6.09 Å². The fraction of sp³-hybridized carbons (Fsp3) is 0.500. The first kappa shape index (κ1) is 8.79. The predicted octanol–water partition coefficient (Wildman–Crippen LogP) is -0.0962. The van der Waals surface area contributed by atoms with Crippen LogP contribution in [0.3, 0.4) is 0 Å². The van der Waals surface area contributed by atoms with Crippen molar-refractivity contribution in [1.82, 2.24) is 5.32 Å². The molecule has 0 rings (SSSR count). The zero-order valence-corrected chi connectivity index (χ0v) is 5.46. The topological polar surface area (TPSA) is 58.6 Å². The third-order valence-electron chi connectivity index (χ3n) is 0.708. The lowest BCUT2D eigenvalue weighted by Crippen LogP contribution is -2.25. The first-order chi connectivity index (χ1) is 4.77. The molecule has 1 amide bonds. The summed E-state index contributed by atoms with van der Waals surface area (Å²) in [6, 6.07) is 0. The van der Waals surface area contributed by atoms with Gasteiger partial charge < -0.3 is 15.2 Å². The molecular weight excluding hydrogens is 134 g/mol. The molecule has 0 fully saturated rings. The summed E-state index contributed by atoms with van der Waals surface area (Å²) in [5, 5.41) is 10.2. The molecule has 0 spiro atoms. The molecule has 0 saturated carbocycles. The number of hydrogen-bond acceptors (Lipinski definition) is 2. The van der Waals surface area contributed by atoms with Crippen molar-refractivity contribution in [1.29, 1.82) is 0 Å². The first-order valence-electron chi connectivity index (χ1n) is 2.75. The Labute approximate surface area is 59.2 Å². The maximum absolute atomic E-state index is 9.83. The van der Waals surface area contributed by atoms with Gasteiger partial charge in [-0.25, -0.2) is 4.79 Å². The maximum atomic E-state index is 9.83. The number of ether oxygens (including phenoxy) is 1. The van der Waals surface area contributed by atoms with Crippen molar-refractivity contribution in [3.05, 3.63) is 0 Å². The van der Waals surface area contributed by atoms with Gasteiger partial charge in [-0.15, -0.1) is 6.42 Å². The monoisotopic (exact) mass is 143 g/mol. The Morgan fingerprint density at radius 3 is 3.00 bits per heavy atom. The highest BCUT2D eigenvalue weighted by atomic mass is 16.5. The normalized spacial score (nSPS) is 8.30. The predicted molar refractivity (Wildman–Crippen MR) is 35.7 cm³/mol. The van der Waals surface area contributed by atoms with E-state index in [9.17, 15) is 4.79 Å². The minimum atomic E-state index is -1.05. The van der Waals surface area contributed by atoms with Gasteiger partial charge in [-0.1, -0.05) is 5.92 Å². The fourth-order valence-electron chi connectivity index (χ4n) is 0.361. The van der Waals surface area contributed by atoms with Gasteiger partial charge in [-0.3, -0.25) is 0 Å². The van der Waals surface area contributed by atoms with E-state index >= 15 is 0 Å². The summed E-state index contributed by atoms with van der Waals surface area (Å²) >= 11 is 0. The molecular formula is C6H9NO3. The molecule has 0 unspecified atom stereocenters. The van der Waals surface area contributed by atoms with Crippen LogP contribution in [0.1, 0.15) is 0 Å². The van der Waals surface area contributed by atoms with E-state index in [1.165, 1.54) is 0 Å². The van der Waals surface area contributed by atoms with Gasteiger partial charge in [0.2, 0.25) is 0 Å². The van der Waals surface area contributed by atoms with E-state index in [1.54, 1.807) is 0 Å². The van der Waals surface area contributed by atoms with Gasteiger partial charge in [0.05, 0.1) is 6.61 Å². The molecule has 10 heavy (non-hydrogen) atoms. The average molecular weight is 143 g/mol. The Bertz CT molecular complexity index is 138. The van der Waals surface area contributed by atoms with Crippen LogP contribution in [0, 0.1) is 12.3 Å². The van der Waals surface area contributed by atoms with Gasteiger partial charge in [0, 0.05) is 6.54 Å². The molecule has 0 bridgehead atoms. The van der Waals surface area contributed by atoms with Crippen molar-refractivity contribution in [3.63, 3.8) is 0 Å². The lowest BCUT2D eigenvalue weighted by molar-refractivity contribution is 0.159. The van der Waals surface area contributed by atoms with E-state index in [0.717, 1.165) is 0 Å². The number of amides is 1. The second-order valence-corrected chi connectivity index (χ2v) is 1.49. The summed E-state index contributed by atoms with van der Waals surface area (Å²) in [7, 11) is 0. The van der Waals surface area contributed by atoms with Crippen LogP contribution >= 0.6 is 0 Å². The molecule has 56 valence electrons. The highest BCUT2D eigenvalue weighted by molar-refractivity contribution is 5.64. The lowest BCUT2D eigenvalue weighted by atomic mass is 10.6. The Balaban J connectivity index is 2.92. The zero-order chi connectivity index (χ0) is 7.82. The summed E-state index contributed by atoms with van der Waals surface area (Å²) in [5.41, 5.74) is 0. The van der Waals surface area contributed by atoms with E-state index in [2.05, 4.69) is 11.2 Å². The third kappa shape index (κ3) is 6.79. The molecule has 0 atom stereocenters. The lowest BCUT2D eigenvalue weighted by Gasteiger charge is -1.98. The largest absolute Gasteiger partial charge is 0.465 e. The molecule has 4 nitrogen and oxygen atoms in total. The quantitative estimate of drug-likeness (QED) is 0.427. The molecule has 0 aromatic rings. The van der Waals surface area contributed by atoms with Crippen LogP contribution in [0.4, 0.5) is 4.79 Å². The standard InChI is InChI=1S/C6H9NO3/c1-2-4-10-5-3-7-6(8)9/h1,7H,3-5H2,(H,8,9). The number of carboxylic acid groups (broad SMARTS) is 1. The molecule has 0 aliphatic rings. The highest BCUT2D eigenvalue weighted by Crippen LogP contribution is 1.70. The molecule has 0 heterocycles. The number of nitrogens with one attached hydrogen (secondary N) is 1. The second-order valence-electron chi connectivity index (χ2n) is 1.49. The minimum Gasteiger partial charge on any atom is -0.465 e. The van der Waals surface area contributed by atoms with Gasteiger partial charge in [-0.2, -0.15) is 0 Å². The Morgan fingerprint density at radius 1 is 1.80 bits per heavy atom. The van der Waals surface area contributed by atoms with Crippen LogP contribution in [0.15, 0.2) is 0 Å². The number of rotatable bonds is 4.